The molecule has 2 N–H and O–H groups in total. The largest absolute Gasteiger partial charge is 0.345 e. The lowest BCUT2D eigenvalue weighted by Crippen LogP contribution is -2.32. The van der Waals surface area contributed by atoms with E-state index < -0.39 is 0 Å². The summed E-state index contributed by atoms with van der Waals surface area (Å²) in [6, 6.07) is 19.0. The fourth-order valence-corrected chi connectivity index (χ4v) is 4.21. The molecule has 0 spiro atoms. The molecule has 0 aliphatic heterocycles. The highest BCUT2D eigenvalue weighted by Crippen LogP contribution is 2.21. The molecule has 4 heteroatoms. The van der Waals surface area contributed by atoms with Crippen molar-refractivity contribution in [2.75, 3.05) is 0 Å². The minimum absolute atomic E-state index is 0.173. The van der Waals surface area contributed by atoms with Crippen molar-refractivity contribution in [3.63, 3.8) is 0 Å². The van der Waals surface area contributed by atoms with Crippen molar-refractivity contribution in [2.45, 2.75) is 53.6 Å². The highest BCUT2D eigenvalue weighted by atomic mass is 16.2. The van der Waals surface area contributed by atoms with Crippen LogP contribution >= 0.6 is 0 Å². The van der Waals surface area contributed by atoms with Gasteiger partial charge in [0.05, 0.1) is 23.2 Å². The van der Waals surface area contributed by atoms with Gasteiger partial charge in [-0.2, -0.15) is 0 Å². The normalized spacial score (nSPS) is 12.7. The Morgan fingerprint density at radius 3 is 1.34 bits per heavy atom. The van der Waals surface area contributed by atoms with Crippen molar-refractivity contribution in [1.82, 2.24) is 10.6 Å². The molecule has 0 bridgehead atoms. The van der Waals surface area contributed by atoms with Crippen LogP contribution in [0.3, 0.4) is 0 Å². The molecule has 3 aromatic rings. The number of hydrogen-bond acceptors (Lipinski definition) is 2. The molecule has 0 radical (unpaired) electrons. The second-order valence-corrected chi connectivity index (χ2v) is 8.66. The van der Waals surface area contributed by atoms with E-state index in [0.717, 1.165) is 22.3 Å². The van der Waals surface area contributed by atoms with Crippen LogP contribution in [-0.2, 0) is 0 Å². The van der Waals surface area contributed by atoms with E-state index in [0.29, 0.717) is 11.1 Å². The van der Waals surface area contributed by atoms with Gasteiger partial charge in [0.1, 0.15) is 0 Å². The lowest BCUT2D eigenvalue weighted by atomic mass is 9.98. The van der Waals surface area contributed by atoms with Gasteiger partial charge >= 0.3 is 0 Å². The Balaban J connectivity index is 1.78. The van der Waals surface area contributed by atoms with Crippen molar-refractivity contribution in [2.24, 2.45) is 0 Å². The predicted octanol–water partition coefficient (Wildman–Crippen LogP) is 5.90. The van der Waals surface area contributed by atoms with Crippen LogP contribution in [0.15, 0.2) is 60.7 Å². The number of hydrogen-bond donors (Lipinski definition) is 2. The first-order valence-electron chi connectivity index (χ1n) is 11.0. The van der Waals surface area contributed by atoms with Crippen molar-refractivity contribution in [3.05, 3.63) is 105 Å². The average molecular weight is 429 g/mol. The van der Waals surface area contributed by atoms with Gasteiger partial charge in [0.25, 0.3) is 11.8 Å². The molecule has 166 valence electrons. The third-order valence-corrected chi connectivity index (χ3v) is 5.90. The summed E-state index contributed by atoms with van der Waals surface area (Å²) in [5.74, 6) is -0.523. The van der Waals surface area contributed by atoms with E-state index in [9.17, 15) is 9.59 Å². The molecule has 3 rings (SSSR count). The number of carbonyl (C=O) groups is 2. The Bertz CT molecular complexity index is 1060. The molecular formula is C28H32N2O2. The Morgan fingerprint density at radius 1 is 0.625 bits per heavy atom. The lowest BCUT2D eigenvalue weighted by molar-refractivity contribution is 0.0905. The number of benzene rings is 3. The first kappa shape index (κ1) is 23.3. The molecule has 0 unspecified atom stereocenters. The fraction of sp³-hybridized carbons (Fsp3) is 0.286. The molecule has 0 heterocycles. The Labute approximate surface area is 191 Å². The summed E-state index contributed by atoms with van der Waals surface area (Å²) in [5, 5.41) is 6.10. The van der Waals surface area contributed by atoms with Gasteiger partial charge in [0.15, 0.2) is 0 Å². The number of amides is 2. The molecular weight excluding hydrogens is 396 g/mol. The Kier molecular flexibility index (Phi) is 7.14. The molecule has 2 atom stereocenters. The van der Waals surface area contributed by atoms with E-state index in [1.54, 1.807) is 24.3 Å². The Morgan fingerprint density at radius 2 is 1.00 bits per heavy atom. The SMILES string of the molecule is Cc1ccc([C@@H](C)NC(=O)c2ccccc2C(=O)N[C@H](C)c2ccc(C)cc2C)c(C)c1. The summed E-state index contributed by atoms with van der Waals surface area (Å²) in [6.07, 6.45) is 0. The van der Waals surface area contributed by atoms with E-state index in [-0.39, 0.29) is 23.9 Å². The van der Waals surface area contributed by atoms with Crippen LogP contribution in [0.4, 0.5) is 0 Å². The van der Waals surface area contributed by atoms with Crippen molar-refractivity contribution < 1.29 is 9.59 Å². The van der Waals surface area contributed by atoms with E-state index in [1.807, 2.05) is 65.8 Å². The van der Waals surface area contributed by atoms with Gasteiger partial charge < -0.3 is 10.6 Å². The van der Waals surface area contributed by atoms with Gasteiger partial charge in [-0.3, -0.25) is 9.59 Å². The summed E-state index contributed by atoms with van der Waals surface area (Å²) in [4.78, 5) is 26.2. The van der Waals surface area contributed by atoms with Crippen molar-refractivity contribution >= 4 is 11.8 Å². The van der Waals surface area contributed by atoms with Gasteiger partial charge in [-0.1, -0.05) is 59.7 Å². The lowest BCUT2D eigenvalue weighted by Gasteiger charge is -2.20. The van der Waals surface area contributed by atoms with Crippen molar-refractivity contribution in [1.29, 1.82) is 0 Å². The number of aryl methyl sites for hydroxylation is 4. The topological polar surface area (TPSA) is 58.2 Å². The minimum atomic E-state index is -0.262. The monoisotopic (exact) mass is 428 g/mol. The van der Waals surface area contributed by atoms with Crippen LogP contribution in [0, 0.1) is 27.7 Å². The standard InChI is InChI=1S/C28H32N2O2/c1-17-11-13-23(19(3)15-17)21(5)29-27(31)25-9-7-8-10-26(25)28(32)30-22(6)24-14-12-18(2)16-20(24)4/h7-16,21-22H,1-6H3,(H,29,31)(H,30,32)/t21-,22-/m1/s1. The van der Waals surface area contributed by atoms with E-state index in [2.05, 4.69) is 22.8 Å². The molecule has 0 aliphatic carbocycles. The van der Waals surface area contributed by atoms with E-state index in [4.69, 9.17) is 0 Å². The first-order chi connectivity index (χ1) is 15.2. The quantitative estimate of drug-likeness (QED) is 0.513. The fourth-order valence-electron chi connectivity index (χ4n) is 4.21. The van der Waals surface area contributed by atoms with Crippen LogP contribution < -0.4 is 10.6 Å². The maximum atomic E-state index is 13.1. The van der Waals surface area contributed by atoms with Crippen LogP contribution in [0.1, 0.15) is 80.0 Å². The van der Waals surface area contributed by atoms with Gasteiger partial charge in [0, 0.05) is 0 Å². The molecule has 2 amide bonds. The van der Waals surface area contributed by atoms with Crippen molar-refractivity contribution in [3.8, 4) is 0 Å². The van der Waals surface area contributed by atoms with Crippen LogP contribution in [0.5, 0.6) is 0 Å². The number of nitrogens with one attached hydrogen (secondary N) is 2. The van der Waals surface area contributed by atoms with Crippen LogP contribution in [0.2, 0.25) is 0 Å². The molecule has 3 aromatic carbocycles. The minimum Gasteiger partial charge on any atom is -0.345 e. The highest BCUT2D eigenvalue weighted by molar-refractivity contribution is 6.07. The van der Waals surface area contributed by atoms with E-state index in [1.165, 1.54) is 11.1 Å². The van der Waals surface area contributed by atoms with Gasteiger partial charge in [0.2, 0.25) is 0 Å². The predicted molar refractivity (Wildman–Crippen MR) is 130 cm³/mol. The molecule has 0 aliphatic rings. The third kappa shape index (κ3) is 5.25. The second kappa shape index (κ2) is 9.82. The maximum Gasteiger partial charge on any atom is 0.252 e. The molecule has 0 saturated heterocycles. The van der Waals surface area contributed by atoms with Crippen LogP contribution in [-0.4, -0.2) is 11.8 Å². The average Bonchev–Trinajstić information content (AvgIpc) is 2.73. The second-order valence-electron chi connectivity index (χ2n) is 8.66. The maximum absolute atomic E-state index is 13.1. The van der Waals surface area contributed by atoms with Gasteiger partial charge in [-0.05, 0) is 75.9 Å². The molecule has 0 aromatic heterocycles. The van der Waals surface area contributed by atoms with Crippen LogP contribution in [0.25, 0.3) is 0 Å². The zero-order valence-electron chi connectivity index (χ0n) is 19.7. The third-order valence-electron chi connectivity index (χ3n) is 5.90. The first-order valence-corrected chi connectivity index (χ1v) is 11.0. The summed E-state index contributed by atoms with van der Waals surface area (Å²) in [7, 11) is 0. The molecule has 32 heavy (non-hydrogen) atoms. The Hall–Kier alpha value is -3.40. The number of carbonyl (C=O) groups excluding carboxylic acids is 2. The zero-order valence-corrected chi connectivity index (χ0v) is 19.7. The smallest absolute Gasteiger partial charge is 0.252 e. The van der Waals surface area contributed by atoms with Gasteiger partial charge in [-0.25, -0.2) is 0 Å². The zero-order chi connectivity index (χ0) is 23.4. The molecule has 0 saturated carbocycles. The van der Waals surface area contributed by atoms with Gasteiger partial charge in [-0.15, -0.1) is 0 Å². The molecule has 0 fully saturated rings. The summed E-state index contributed by atoms with van der Waals surface area (Å²) >= 11 is 0. The number of rotatable bonds is 6. The highest BCUT2D eigenvalue weighted by Gasteiger charge is 2.21. The molecule has 4 nitrogen and oxygen atoms in total. The van der Waals surface area contributed by atoms with E-state index >= 15 is 0 Å². The summed E-state index contributed by atoms with van der Waals surface area (Å²) in [5.41, 5.74) is 7.50. The summed E-state index contributed by atoms with van der Waals surface area (Å²) < 4.78 is 0. The summed E-state index contributed by atoms with van der Waals surface area (Å²) in [6.45, 7) is 12.1.